The maximum absolute atomic E-state index is 13.0. The fraction of sp³-hybridized carbons (Fsp3) is 0.348. The van der Waals surface area contributed by atoms with E-state index in [1.54, 1.807) is 12.4 Å². The van der Waals surface area contributed by atoms with Gasteiger partial charge in [0.2, 0.25) is 5.76 Å². The summed E-state index contributed by atoms with van der Waals surface area (Å²) < 4.78 is 11.2. The van der Waals surface area contributed by atoms with Crippen molar-refractivity contribution in [2.75, 3.05) is 44.7 Å². The van der Waals surface area contributed by atoms with Crippen LogP contribution in [-0.2, 0) is 11.2 Å². The van der Waals surface area contributed by atoms with Crippen LogP contribution >= 0.6 is 0 Å². The van der Waals surface area contributed by atoms with Crippen LogP contribution in [0.1, 0.15) is 28.1 Å². The number of nitrogens with zero attached hydrogens (tertiary/aromatic N) is 3. The SMILES string of the molecule is O=C(NCCN1CCOCC1)c1oc2cnccc2c1Nc1ccc2c(c1)CCC2=NO. The molecule has 0 spiro atoms. The number of fused-ring (bicyclic) bond motifs is 2. The number of hydrogen-bond donors (Lipinski definition) is 3. The summed E-state index contributed by atoms with van der Waals surface area (Å²) in [4.78, 5) is 19.4. The Morgan fingerprint density at radius 1 is 1.22 bits per heavy atom. The van der Waals surface area contributed by atoms with E-state index in [2.05, 4.69) is 25.7 Å². The first-order valence-corrected chi connectivity index (χ1v) is 10.8. The summed E-state index contributed by atoms with van der Waals surface area (Å²) in [6, 6.07) is 7.70. The lowest BCUT2D eigenvalue weighted by Gasteiger charge is -2.26. The van der Waals surface area contributed by atoms with Gasteiger partial charge < -0.3 is 25.0 Å². The monoisotopic (exact) mass is 435 g/mol. The average molecular weight is 435 g/mol. The maximum Gasteiger partial charge on any atom is 0.289 e. The normalized spacial score (nSPS) is 17.6. The van der Waals surface area contributed by atoms with E-state index in [0.29, 0.717) is 29.9 Å². The summed E-state index contributed by atoms with van der Waals surface area (Å²) in [5.41, 5.74) is 4.76. The number of pyridine rings is 1. The predicted octanol–water partition coefficient (Wildman–Crippen LogP) is 2.76. The quantitative estimate of drug-likeness (QED) is 0.403. The van der Waals surface area contributed by atoms with Crippen LogP contribution in [0.25, 0.3) is 11.0 Å². The molecular formula is C23H25N5O4. The van der Waals surface area contributed by atoms with Gasteiger partial charge >= 0.3 is 0 Å². The lowest BCUT2D eigenvalue weighted by atomic mass is 10.1. The Labute approximate surface area is 185 Å². The van der Waals surface area contributed by atoms with Crippen molar-refractivity contribution in [3.8, 4) is 0 Å². The second-order valence-corrected chi connectivity index (χ2v) is 7.93. The molecule has 5 rings (SSSR count). The predicted molar refractivity (Wildman–Crippen MR) is 120 cm³/mol. The number of oxime groups is 1. The highest BCUT2D eigenvalue weighted by Crippen LogP contribution is 2.34. The average Bonchev–Trinajstić information content (AvgIpc) is 3.41. The van der Waals surface area contributed by atoms with Gasteiger partial charge in [0.15, 0.2) is 5.58 Å². The van der Waals surface area contributed by atoms with E-state index in [9.17, 15) is 4.79 Å². The Morgan fingerprint density at radius 2 is 2.09 bits per heavy atom. The molecule has 0 bridgehead atoms. The van der Waals surface area contributed by atoms with Crippen molar-refractivity contribution in [1.29, 1.82) is 0 Å². The van der Waals surface area contributed by atoms with E-state index in [1.807, 2.05) is 24.3 Å². The minimum absolute atomic E-state index is 0.230. The van der Waals surface area contributed by atoms with E-state index in [-0.39, 0.29) is 11.7 Å². The van der Waals surface area contributed by atoms with E-state index in [4.69, 9.17) is 14.4 Å². The van der Waals surface area contributed by atoms with E-state index in [0.717, 1.165) is 61.5 Å². The molecule has 1 aliphatic carbocycles. The third kappa shape index (κ3) is 4.04. The third-order valence-corrected chi connectivity index (χ3v) is 5.95. The minimum atomic E-state index is -0.271. The van der Waals surface area contributed by atoms with Gasteiger partial charge in [0.25, 0.3) is 5.91 Å². The van der Waals surface area contributed by atoms with Gasteiger partial charge in [-0.05, 0) is 36.6 Å². The molecule has 2 aliphatic rings. The smallest absolute Gasteiger partial charge is 0.289 e. The molecule has 2 aromatic heterocycles. The number of rotatable bonds is 6. The number of amides is 1. The van der Waals surface area contributed by atoms with Gasteiger partial charge in [-0.25, -0.2) is 0 Å². The van der Waals surface area contributed by atoms with Crippen molar-refractivity contribution in [2.24, 2.45) is 5.16 Å². The lowest BCUT2D eigenvalue weighted by Crippen LogP contribution is -2.41. The fourth-order valence-electron chi connectivity index (χ4n) is 4.26. The zero-order valence-corrected chi connectivity index (χ0v) is 17.6. The number of ether oxygens (including phenoxy) is 1. The van der Waals surface area contributed by atoms with Crippen molar-refractivity contribution >= 4 is 34.0 Å². The number of carbonyl (C=O) groups excluding carboxylic acids is 1. The third-order valence-electron chi connectivity index (χ3n) is 5.95. The highest BCUT2D eigenvalue weighted by Gasteiger charge is 2.23. The summed E-state index contributed by atoms with van der Waals surface area (Å²) in [6.07, 6.45) is 4.81. The molecule has 166 valence electrons. The first-order valence-electron chi connectivity index (χ1n) is 10.8. The molecule has 0 unspecified atom stereocenters. The van der Waals surface area contributed by atoms with E-state index >= 15 is 0 Å². The Kier molecular flexibility index (Phi) is 5.74. The van der Waals surface area contributed by atoms with Crippen molar-refractivity contribution in [1.82, 2.24) is 15.2 Å². The molecule has 1 aromatic carbocycles. The van der Waals surface area contributed by atoms with Gasteiger partial charge in [-0.3, -0.25) is 14.7 Å². The van der Waals surface area contributed by atoms with Crippen LogP contribution < -0.4 is 10.6 Å². The van der Waals surface area contributed by atoms with Gasteiger partial charge in [0.05, 0.1) is 30.8 Å². The Balaban J connectivity index is 1.36. The van der Waals surface area contributed by atoms with E-state index in [1.165, 1.54) is 0 Å². The zero-order valence-electron chi connectivity index (χ0n) is 17.6. The van der Waals surface area contributed by atoms with Gasteiger partial charge in [-0.2, -0.15) is 0 Å². The van der Waals surface area contributed by atoms with Crippen molar-refractivity contribution < 1.29 is 19.2 Å². The highest BCUT2D eigenvalue weighted by atomic mass is 16.5. The standard InChI is InChI=1S/C23H25N5O4/c29-23(25-7-8-28-9-11-31-12-10-28)22-21(18-5-6-24-14-20(18)32-22)26-16-2-3-17-15(13-16)1-4-19(17)27-30/h2-3,5-6,13-14,26,30H,1,4,7-12H2,(H,25,29). The molecule has 1 amide bonds. The number of hydrogen-bond acceptors (Lipinski definition) is 8. The summed E-state index contributed by atoms with van der Waals surface area (Å²) in [7, 11) is 0. The van der Waals surface area contributed by atoms with Crippen molar-refractivity contribution in [3.05, 3.63) is 53.5 Å². The molecule has 9 nitrogen and oxygen atoms in total. The largest absolute Gasteiger partial charge is 0.447 e. The molecule has 0 radical (unpaired) electrons. The molecule has 3 aromatic rings. The number of nitrogens with one attached hydrogen (secondary N) is 2. The number of aryl methyl sites for hydroxylation is 1. The molecule has 3 N–H and O–H groups in total. The first kappa shape index (κ1) is 20.5. The van der Waals surface area contributed by atoms with Gasteiger partial charge in [0, 0.05) is 49.0 Å². The number of carbonyl (C=O) groups is 1. The zero-order chi connectivity index (χ0) is 21.9. The second kappa shape index (κ2) is 8.97. The molecular weight excluding hydrogens is 410 g/mol. The molecule has 32 heavy (non-hydrogen) atoms. The van der Waals surface area contributed by atoms with Crippen LogP contribution in [0.5, 0.6) is 0 Å². The molecule has 3 heterocycles. The topological polar surface area (TPSA) is 112 Å². The van der Waals surface area contributed by atoms with Gasteiger partial charge in [-0.15, -0.1) is 0 Å². The number of anilines is 2. The molecule has 9 heteroatoms. The van der Waals surface area contributed by atoms with Gasteiger partial charge in [-0.1, -0.05) is 11.2 Å². The number of benzene rings is 1. The second-order valence-electron chi connectivity index (χ2n) is 7.93. The Morgan fingerprint density at radius 3 is 2.94 bits per heavy atom. The highest BCUT2D eigenvalue weighted by molar-refractivity contribution is 6.07. The lowest BCUT2D eigenvalue weighted by molar-refractivity contribution is 0.0382. The number of morpholine rings is 1. The summed E-state index contributed by atoms with van der Waals surface area (Å²) >= 11 is 0. The van der Waals surface area contributed by atoms with Crippen LogP contribution in [0.15, 0.2) is 46.2 Å². The summed E-state index contributed by atoms with van der Waals surface area (Å²) in [5, 5.41) is 19.7. The number of furan rings is 1. The molecule has 1 aliphatic heterocycles. The first-order chi connectivity index (χ1) is 15.7. The molecule has 0 saturated carbocycles. The van der Waals surface area contributed by atoms with Crippen molar-refractivity contribution in [3.63, 3.8) is 0 Å². The van der Waals surface area contributed by atoms with Crippen LogP contribution in [0.3, 0.4) is 0 Å². The molecule has 0 atom stereocenters. The Bertz CT molecular complexity index is 1170. The minimum Gasteiger partial charge on any atom is -0.447 e. The van der Waals surface area contributed by atoms with Crippen LogP contribution in [0, 0.1) is 0 Å². The van der Waals surface area contributed by atoms with Crippen molar-refractivity contribution in [2.45, 2.75) is 12.8 Å². The van der Waals surface area contributed by atoms with Gasteiger partial charge in [0.1, 0.15) is 0 Å². The fourth-order valence-corrected chi connectivity index (χ4v) is 4.26. The Hall–Kier alpha value is -3.43. The molecule has 1 saturated heterocycles. The summed E-state index contributed by atoms with van der Waals surface area (Å²) in [5.74, 6) is -0.0408. The van der Waals surface area contributed by atoms with Crippen LogP contribution in [-0.4, -0.2) is 66.1 Å². The van der Waals surface area contributed by atoms with E-state index < -0.39 is 0 Å². The maximum atomic E-state index is 13.0. The van der Waals surface area contributed by atoms with Crippen LogP contribution in [0.4, 0.5) is 11.4 Å². The van der Waals surface area contributed by atoms with Crippen LogP contribution in [0.2, 0.25) is 0 Å². The molecule has 1 fully saturated rings. The number of aromatic nitrogens is 1. The summed E-state index contributed by atoms with van der Waals surface area (Å²) in [6.45, 7) is 4.49.